The van der Waals surface area contributed by atoms with Crippen LogP contribution in [0, 0.1) is 0 Å². The van der Waals surface area contributed by atoms with Gasteiger partial charge in [-0.3, -0.25) is 9.36 Å². The van der Waals surface area contributed by atoms with Crippen molar-refractivity contribution in [2.24, 2.45) is 4.99 Å². The lowest BCUT2D eigenvalue weighted by Crippen LogP contribution is -2.40. The van der Waals surface area contributed by atoms with E-state index in [2.05, 4.69) is 4.99 Å². The lowest BCUT2D eigenvalue weighted by atomic mass is 9.96. The largest absolute Gasteiger partial charge is 0.450 e. The van der Waals surface area contributed by atoms with Crippen molar-refractivity contribution in [1.82, 2.24) is 4.57 Å². The van der Waals surface area contributed by atoms with Gasteiger partial charge in [0, 0.05) is 16.0 Å². The Bertz CT molecular complexity index is 1910. The first-order valence-electron chi connectivity index (χ1n) is 12.3. The van der Waals surface area contributed by atoms with Crippen molar-refractivity contribution in [3.8, 4) is 5.75 Å². The number of thiazole rings is 1. The minimum Gasteiger partial charge on any atom is -0.450 e. The molecule has 9 heteroatoms. The summed E-state index contributed by atoms with van der Waals surface area (Å²) < 4.78 is 13.7. The Labute approximate surface area is 242 Å². The number of aromatic nitrogens is 1. The van der Waals surface area contributed by atoms with Crippen LogP contribution < -0.4 is 19.6 Å². The Morgan fingerprint density at radius 1 is 1.00 bits per heavy atom. The molecule has 1 unspecified atom stereocenters. The fraction of sp³-hybridized carbons (Fsp3) is 0.0645. The Kier molecular flexibility index (Phi) is 7.30. The maximum atomic E-state index is 13.8. The van der Waals surface area contributed by atoms with Gasteiger partial charge in [0.25, 0.3) is 5.56 Å². The lowest BCUT2D eigenvalue weighted by Gasteiger charge is -2.24. The summed E-state index contributed by atoms with van der Waals surface area (Å²) in [7, 11) is 0. The number of halogens is 1. The summed E-state index contributed by atoms with van der Waals surface area (Å²) in [6, 6.07) is 28.8. The van der Waals surface area contributed by atoms with E-state index in [0.717, 1.165) is 10.5 Å². The van der Waals surface area contributed by atoms with E-state index < -0.39 is 12.0 Å². The number of rotatable bonds is 6. The second-order valence-electron chi connectivity index (χ2n) is 8.91. The summed E-state index contributed by atoms with van der Waals surface area (Å²) >= 11 is 8.70. The lowest BCUT2D eigenvalue weighted by molar-refractivity contribution is -0.130. The molecule has 2 aromatic heterocycles. The van der Waals surface area contributed by atoms with Crippen molar-refractivity contribution >= 4 is 46.7 Å². The van der Waals surface area contributed by atoms with Crippen molar-refractivity contribution in [1.29, 1.82) is 0 Å². The van der Waals surface area contributed by atoms with E-state index >= 15 is 0 Å². The third-order valence-corrected chi connectivity index (χ3v) is 8.38. The molecule has 0 saturated carbocycles. The minimum atomic E-state index is -0.691. The first-order valence-corrected chi connectivity index (χ1v) is 14.4. The third kappa shape index (κ3) is 5.34. The number of carbonyl (C=O) groups is 1. The van der Waals surface area contributed by atoms with E-state index in [1.165, 1.54) is 23.1 Å². The molecule has 198 valence electrons. The van der Waals surface area contributed by atoms with Crippen molar-refractivity contribution in [3.05, 3.63) is 144 Å². The SMILES string of the molecule is CC1=C(C(=O)Oc2ccccc2)C(c2ccccc2)n2c(s/c(=C/c3ccc(Sc4ccc(Cl)cc4)o3)c2=O)=N1. The Hall–Kier alpha value is -4.11. The van der Waals surface area contributed by atoms with Gasteiger partial charge in [-0.2, -0.15) is 0 Å². The standard InChI is InChI=1S/C31H21ClN2O4S2/c1-19-27(30(36)38-22-10-6-3-7-11-22)28(20-8-4-2-5-9-20)34-29(35)25(40-31(34)33-19)18-23-14-17-26(37-23)39-24-15-12-21(32)13-16-24/h2-18,28H,1H3/b25-18+. The fourth-order valence-electron chi connectivity index (χ4n) is 4.40. The van der Waals surface area contributed by atoms with Crippen LogP contribution in [0.4, 0.5) is 0 Å². The van der Waals surface area contributed by atoms with E-state index in [9.17, 15) is 9.59 Å². The number of hydrogen-bond donors (Lipinski definition) is 0. The quantitative estimate of drug-likeness (QED) is 0.174. The summed E-state index contributed by atoms with van der Waals surface area (Å²) in [4.78, 5) is 33.4. The molecule has 0 bridgehead atoms. The highest BCUT2D eigenvalue weighted by Crippen LogP contribution is 2.32. The zero-order valence-electron chi connectivity index (χ0n) is 21.1. The van der Waals surface area contributed by atoms with Crippen molar-refractivity contribution in [2.75, 3.05) is 0 Å². The second kappa shape index (κ2) is 11.2. The fourth-order valence-corrected chi connectivity index (χ4v) is 6.33. The van der Waals surface area contributed by atoms with Crippen LogP contribution in [-0.2, 0) is 4.79 Å². The van der Waals surface area contributed by atoms with E-state index in [1.54, 1.807) is 41.8 Å². The average molecular weight is 585 g/mol. The maximum absolute atomic E-state index is 13.8. The summed E-state index contributed by atoms with van der Waals surface area (Å²) in [6.07, 6.45) is 1.71. The summed E-state index contributed by atoms with van der Waals surface area (Å²) in [6.45, 7) is 1.77. The van der Waals surface area contributed by atoms with Crippen LogP contribution in [0.3, 0.4) is 0 Å². The number of furan rings is 1. The van der Waals surface area contributed by atoms with E-state index in [0.29, 0.717) is 42.2 Å². The first-order chi connectivity index (χ1) is 19.5. The van der Waals surface area contributed by atoms with Crippen LogP contribution in [0.25, 0.3) is 6.08 Å². The van der Waals surface area contributed by atoms with Gasteiger partial charge in [-0.1, -0.05) is 83.2 Å². The Morgan fingerprint density at radius 2 is 1.70 bits per heavy atom. The molecule has 0 spiro atoms. The monoisotopic (exact) mass is 584 g/mol. The Morgan fingerprint density at radius 3 is 2.42 bits per heavy atom. The van der Waals surface area contributed by atoms with Crippen LogP contribution in [0.15, 0.2) is 133 Å². The molecule has 0 aliphatic carbocycles. The van der Waals surface area contributed by atoms with Gasteiger partial charge >= 0.3 is 5.97 Å². The number of carbonyl (C=O) groups excluding carboxylic acids is 1. The minimum absolute atomic E-state index is 0.265. The topological polar surface area (TPSA) is 73.8 Å². The molecular formula is C31H21ClN2O4S2. The van der Waals surface area contributed by atoms with Gasteiger partial charge in [-0.05, 0) is 61.0 Å². The molecule has 0 N–H and O–H groups in total. The summed E-state index contributed by atoms with van der Waals surface area (Å²) in [5, 5.41) is 1.35. The van der Waals surface area contributed by atoms with Crippen LogP contribution in [0.5, 0.6) is 5.75 Å². The molecule has 0 amide bonds. The number of hydrogen-bond acceptors (Lipinski definition) is 7. The highest BCUT2D eigenvalue weighted by Gasteiger charge is 2.33. The predicted octanol–water partition coefficient (Wildman–Crippen LogP) is 6.24. The first kappa shape index (κ1) is 26.1. The second-order valence-corrected chi connectivity index (χ2v) is 11.4. The molecule has 40 heavy (non-hydrogen) atoms. The van der Waals surface area contributed by atoms with E-state index in [1.807, 2.05) is 72.8 Å². The molecule has 6 rings (SSSR count). The molecule has 3 heterocycles. The number of fused-ring (bicyclic) bond motifs is 1. The van der Waals surface area contributed by atoms with Gasteiger partial charge < -0.3 is 9.15 Å². The molecule has 0 saturated heterocycles. The number of para-hydroxylation sites is 1. The van der Waals surface area contributed by atoms with Crippen LogP contribution in [-0.4, -0.2) is 10.5 Å². The summed E-state index contributed by atoms with van der Waals surface area (Å²) in [5.74, 6) is 0.407. The van der Waals surface area contributed by atoms with Gasteiger partial charge in [0.1, 0.15) is 11.5 Å². The predicted molar refractivity (Wildman–Crippen MR) is 157 cm³/mol. The van der Waals surface area contributed by atoms with Gasteiger partial charge in [0.15, 0.2) is 9.89 Å². The van der Waals surface area contributed by atoms with Crippen molar-refractivity contribution in [2.45, 2.75) is 23.0 Å². The number of ether oxygens (including phenoxy) is 1. The molecule has 0 radical (unpaired) electrons. The van der Waals surface area contributed by atoms with Crippen molar-refractivity contribution in [3.63, 3.8) is 0 Å². The van der Waals surface area contributed by atoms with Crippen LogP contribution in [0.1, 0.15) is 24.3 Å². The van der Waals surface area contributed by atoms with Crippen molar-refractivity contribution < 1.29 is 13.9 Å². The van der Waals surface area contributed by atoms with Gasteiger partial charge in [0.05, 0.1) is 21.8 Å². The summed E-state index contributed by atoms with van der Waals surface area (Å²) in [5.41, 5.74) is 1.33. The smallest absolute Gasteiger partial charge is 0.343 e. The number of nitrogens with zero attached hydrogens (tertiary/aromatic N) is 2. The van der Waals surface area contributed by atoms with Gasteiger partial charge in [0.2, 0.25) is 0 Å². The van der Waals surface area contributed by atoms with E-state index in [-0.39, 0.29) is 5.56 Å². The molecule has 0 fully saturated rings. The number of benzene rings is 3. The van der Waals surface area contributed by atoms with E-state index in [4.69, 9.17) is 20.8 Å². The molecule has 1 aliphatic heterocycles. The highest BCUT2D eigenvalue weighted by molar-refractivity contribution is 7.99. The molecule has 5 aromatic rings. The normalized spacial score (nSPS) is 15.1. The maximum Gasteiger partial charge on any atom is 0.343 e. The molecule has 3 aromatic carbocycles. The zero-order chi connectivity index (χ0) is 27.6. The van der Waals surface area contributed by atoms with Gasteiger partial charge in [-0.15, -0.1) is 0 Å². The molecule has 6 nitrogen and oxygen atoms in total. The zero-order valence-corrected chi connectivity index (χ0v) is 23.5. The van der Waals surface area contributed by atoms with Crippen LogP contribution >= 0.6 is 34.7 Å². The third-order valence-electron chi connectivity index (χ3n) is 6.22. The number of esters is 1. The number of allylic oxidation sites excluding steroid dienone is 1. The van der Waals surface area contributed by atoms with Crippen LogP contribution in [0.2, 0.25) is 5.02 Å². The Balaban J connectivity index is 1.39. The van der Waals surface area contributed by atoms with Gasteiger partial charge in [-0.25, -0.2) is 9.79 Å². The average Bonchev–Trinajstić information content (AvgIpc) is 3.53. The molecular weight excluding hydrogens is 564 g/mol. The molecule has 1 aliphatic rings. The highest BCUT2D eigenvalue weighted by atomic mass is 35.5. The molecule has 1 atom stereocenters.